The molecule has 1 aliphatic carbocycles. The predicted molar refractivity (Wildman–Crippen MR) is 184 cm³/mol. The van der Waals surface area contributed by atoms with Crippen molar-refractivity contribution in [1.82, 2.24) is 10.6 Å². The van der Waals surface area contributed by atoms with Crippen LogP contribution in [0.15, 0.2) is 36.4 Å². The zero-order chi connectivity index (χ0) is 33.4. The van der Waals surface area contributed by atoms with Crippen molar-refractivity contribution >= 4 is 46.8 Å². The number of carbonyl (C=O) groups excluding carboxylic acids is 2. The van der Waals surface area contributed by atoms with Gasteiger partial charge in [0.1, 0.15) is 18.0 Å². The van der Waals surface area contributed by atoms with Crippen molar-refractivity contribution < 1.29 is 29.0 Å². The number of urea groups is 1. The molecule has 1 aromatic carbocycles. The summed E-state index contributed by atoms with van der Waals surface area (Å²) < 4.78 is 13.6. The third-order valence-electron chi connectivity index (χ3n) is 10.2. The monoisotopic (exact) mass is 648 g/mol. The Labute approximate surface area is 277 Å². The van der Waals surface area contributed by atoms with Gasteiger partial charge in [-0.05, 0) is 82.6 Å². The minimum atomic E-state index is -0.672. The van der Waals surface area contributed by atoms with E-state index in [4.69, 9.17) is 9.47 Å². The topological polar surface area (TPSA) is 99.9 Å². The van der Waals surface area contributed by atoms with Gasteiger partial charge < -0.3 is 20.1 Å². The molecule has 2 amide bonds. The Morgan fingerprint density at radius 1 is 1.15 bits per heavy atom. The van der Waals surface area contributed by atoms with Crippen molar-refractivity contribution in [3.63, 3.8) is 0 Å². The molecule has 0 spiro atoms. The van der Waals surface area contributed by atoms with E-state index in [1.807, 2.05) is 50.8 Å². The lowest BCUT2D eigenvalue weighted by Crippen LogP contribution is -2.46. The Kier molecular flexibility index (Phi) is 7.77. The maximum atomic E-state index is 13.2. The maximum absolute atomic E-state index is 13.2. The molecule has 5 aliphatic rings. The SMILES string of the molecule is CC1(C)C=C2C(=[N+](O)c3c2ccc2c3C=CC(C)(C/C=C/COC(=O)C(C)(C)CC(C)(C)C3SCC4NC(=O)NC43)O2)C(C)(C)C1. The van der Waals surface area contributed by atoms with Crippen LogP contribution in [0.4, 0.5) is 10.5 Å². The molecule has 6 rings (SSSR count). The average molecular weight is 649 g/mol. The first-order valence-electron chi connectivity index (χ1n) is 16.5. The molecule has 0 radical (unpaired) electrons. The summed E-state index contributed by atoms with van der Waals surface area (Å²) in [5.41, 5.74) is 3.20. The van der Waals surface area contributed by atoms with E-state index in [-0.39, 0.29) is 52.2 Å². The molecule has 3 N–H and O–H groups in total. The summed E-state index contributed by atoms with van der Waals surface area (Å²) in [6.07, 6.45) is 12.5. The van der Waals surface area contributed by atoms with Crippen LogP contribution >= 0.6 is 11.8 Å². The predicted octanol–water partition coefficient (Wildman–Crippen LogP) is 7.28. The fourth-order valence-corrected chi connectivity index (χ4v) is 10.5. The number of esters is 1. The Bertz CT molecular complexity index is 1600. The second-order valence-corrected chi connectivity index (χ2v) is 17.9. The van der Waals surface area contributed by atoms with Gasteiger partial charge in [-0.3, -0.25) is 10.0 Å². The van der Waals surface area contributed by atoms with Gasteiger partial charge in [0.05, 0.1) is 39.6 Å². The number of nitrogens with zero attached hydrogens (tertiary/aromatic N) is 1. The number of benzene rings is 1. The van der Waals surface area contributed by atoms with Gasteiger partial charge in [-0.15, -0.1) is 0 Å². The van der Waals surface area contributed by atoms with Gasteiger partial charge in [-0.1, -0.05) is 45.9 Å². The summed E-state index contributed by atoms with van der Waals surface area (Å²) in [4.78, 5) is 25.0. The molecule has 4 aliphatic heterocycles. The fourth-order valence-electron chi connectivity index (χ4n) is 8.78. The van der Waals surface area contributed by atoms with Crippen molar-refractivity contribution in [2.75, 3.05) is 12.4 Å². The highest BCUT2D eigenvalue weighted by molar-refractivity contribution is 8.00. The highest BCUT2D eigenvalue weighted by Crippen LogP contribution is 2.53. The molecule has 46 heavy (non-hydrogen) atoms. The van der Waals surface area contributed by atoms with Crippen LogP contribution < -0.4 is 15.4 Å². The zero-order valence-corrected chi connectivity index (χ0v) is 29.6. The molecule has 2 fully saturated rings. The Balaban J connectivity index is 1.07. The number of ether oxygens (including phenoxy) is 2. The number of thioether (sulfide) groups is 1. The van der Waals surface area contributed by atoms with Crippen LogP contribution in [0, 0.1) is 21.7 Å². The van der Waals surface area contributed by atoms with E-state index in [0.29, 0.717) is 12.8 Å². The molecule has 1 aromatic rings. The van der Waals surface area contributed by atoms with E-state index in [2.05, 4.69) is 76.5 Å². The first-order chi connectivity index (χ1) is 21.3. The second-order valence-electron chi connectivity index (χ2n) is 16.7. The van der Waals surface area contributed by atoms with E-state index in [1.54, 1.807) is 0 Å². The van der Waals surface area contributed by atoms with Crippen LogP contribution in [0.3, 0.4) is 0 Å². The molecule has 248 valence electrons. The molecule has 9 heteroatoms. The van der Waals surface area contributed by atoms with Gasteiger partial charge >= 0.3 is 12.0 Å². The normalized spacial score (nSPS) is 28.9. The van der Waals surface area contributed by atoms with Gasteiger partial charge in [-0.25, -0.2) is 4.79 Å². The van der Waals surface area contributed by atoms with Crippen LogP contribution in [-0.2, 0) is 9.53 Å². The van der Waals surface area contributed by atoms with E-state index in [9.17, 15) is 14.8 Å². The quantitative estimate of drug-likeness (QED) is 0.0901. The molecule has 4 atom stereocenters. The molecule has 4 unspecified atom stereocenters. The standard InChI is InChI=1S/C37H49N3O5S/c1-33(2)18-24-22-12-13-26-23(28(22)40(43)29(24)34(3,4)20-33)14-16-37(9,45-26)15-10-11-17-44-31(41)36(7,8)21-35(5,6)30-27-25(19-46-30)38-32(42)39-27/h10-14,16,18,25,27,30H,15,17,19-21H2,1-9H3,(H2-,38,39,42,43)/p+1/b11-10+. The number of nitrogens with one attached hydrogen (secondary N) is 2. The molecule has 8 nitrogen and oxygen atoms in total. The lowest BCUT2D eigenvalue weighted by Gasteiger charge is -2.39. The number of fused-ring (bicyclic) bond motifs is 6. The molecular weight excluding hydrogens is 598 g/mol. The number of amides is 2. The summed E-state index contributed by atoms with van der Waals surface area (Å²) in [6, 6.07) is 4.20. The Morgan fingerprint density at radius 2 is 1.89 bits per heavy atom. The molecule has 0 bridgehead atoms. The van der Waals surface area contributed by atoms with Gasteiger partial charge in [0.15, 0.2) is 0 Å². The molecule has 2 saturated heterocycles. The van der Waals surface area contributed by atoms with Crippen molar-refractivity contribution in [3.8, 4) is 5.75 Å². The zero-order valence-electron chi connectivity index (χ0n) is 28.7. The third kappa shape index (κ3) is 5.77. The second kappa shape index (κ2) is 10.9. The summed E-state index contributed by atoms with van der Waals surface area (Å²) in [7, 11) is 0. The van der Waals surface area contributed by atoms with Gasteiger partial charge in [-0.2, -0.15) is 11.8 Å². The fraction of sp³-hybridized carbons (Fsp3) is 0.595. The van der Waals surface area contributed by atoms with E-state index in [0.717, 1.165) is 46.0 Å². The van der Waals surface area contributed by atoms with E-state index >= 15 is 0 Å². The Hall–Kier alpha value is -3.20. The van der Waals surface area contributed by atoms with Gasteiger partial charge in [0.25, 0.3) is 5.69 Å². The largest absolute Gasteiger partial charge is 0.482 e. The summed E-state index contributed by atoms with van der Waals surface area (Å²) >= 11 is 1.86. The molecule has 4 heterocycles. The summed E-state index contributed by atoms with van der Waals surface area (Å²) in [5, 5.41) is 17.7. The number of hydrogen-bond acceptors (Lipinski definition) is 6. The molecule has 0 saturated carbocycles. The number of rotatable bonds is 8. The maximum Gasteiger partial charge on any atom is 0.315 e. The summed E-state index contributed by atoms with van der Waals surface area (Å²) in [6.45, 7) is 19.4. The van der Waals surface area contributed by atoms with Crippen LogP contribution in [0.25, 0.3) is 11.6 Å². The first-order valence-corrected chi connectivity index (χ1v) is 17.5. The minimum Gasteiger partial charge on any atom is -0.482 e. The first kappa shape index (κ1) is 32.7. The Morgan fingerprint density at radius 3 is 2.63 bits per heavy atom. The number of carbonyl (C=O) groups is 2. The van der Waals surface area contributed by atoms with Crippen LogP contribution in [0.1, 0.15) is 92.7 Å². The van der Waals surface area contributed by atoms with Crippen molar-refractivity contribution in [2.24, 2.45) is 21.7 Å². The van der Waals surface area contributed by atoms with Crippen LogP contribution in [-0.4, -0.2) is 63.0 Å². The lowest BCUT2D eigenvalue weighted by atomic mass is 9.65. The lowest BCUT2D eigenvalue weighted by molar-refractivity contribution is -0.712. The van der Waals surface area contributed by atoms with Crippen molar-refractivity contribution in [1.29, 1.82) is 0 Å². The van der Waals surface area contributed by atoms with E-state index in [1.165, 1.54) is 4.74 Å². The average Bonchev–Trinajstić information content (AvgIpc) is 3.57. The highest BCUT2D eigenvalue weighted by Gasteiger charge is 2.53. The minimum absolute atomic E-state index is 0.0325. The van der Waals surface area contributed by atoms with E-state index < -0.39 is 11.0 Å². The molecular formula is C37H50N3O5S+. The number of allylic oxidation sites excluding steroid dienone is 2. The van der Waals surface area contributed by atoms with Gasteiger partial charge in [0.2, 0.25) is 5.71 Å². The number of hydrogen-bond donors (Lipinski definition) is 3. The molecule has 0 aromatic heterocycles. The van der Waals surface area contributed by atoms with Gasteiger partial charge in [0, 0.05) is 22.2 Å². The summed E-state index contributed by atoms with van der Waals surface area (Å²) in [5.74, 6) is 1.39. The highest BCUT2D eigenvalue weighted by atomic mass is 32.2. The van der Waals surface area contributed by atoms with Crippen LogP contribution in [0.2, 0.25) is 0 Å². The third-order valence-corrected chi connectivity index (χ3v) is 12.1. The van der Waals surface area contributed by atoms with Crippen LogP contribution in [0.5, 0.6) is 5.75 Å². The van der Waals surface area contributed by atoms with Crippen molar-refractivity contribution in [2.45, 2.75) is 105 Å². The van der Waals surface area contributed by atoms with Crippen molar-refractivity contribution in [3.05, 3.63) is 47.6 Å². The smallest absolute Gasteiger partial charge is 0.315 e.